The second-order valence-corrected chi connectivity index (χ2v) is 4.07. The van der Waals surface area contributed by atoms with Crippen LogP contribution in [0.5, 0.6) is 0 Å². The third kappa shape index (κ3) is 2.32. The van der Waals surface area contributed by atoms with Crippen LogP contribution in [0.4, 0.5) is 17.2 Å². The second-order valence-electron chi connectivity index (χ2n) is 4.07. The minimum Gasteiger partial charge on any atom is -0.397 e. The van der Waals surface area contributed by atoms with Gasteiger partial charge in [-0.2, -0.15) is 0 Å². The van der Waals surface area contributed by atoms with Crippen LogP contribution in [0.25, 0.3) is 0 Å². The molecule has 2 rings (SSSR count). The molecular weight excluding hydrogens is 188 g/mol. The first-order valence-corrected chi connectivity index (χ1v) is 5.53. The summed E-state index contributed by atoms with van der Waals surface area (Å²) < 4.78 is 0. The second kappa shape index (κ2) is 4.38. The molecular formula is C11H18N4. The number of aromatic nitrogens is 1. The van der Waals surface area contributed by atoms with Gasteiger partial charge in [0.2, 0.25) is 0 Å². The van der Waals surface area contributed by atoms with Gasteiger partial charge in [0.05, 0.1) is 17.6 Å². The van der Waals surface area contributed by atoms with Gasteiger partial charge in [-0.05, 0) is 12.8 Å². The molecule has 1 aliphatic rings. The Morgan fingerprint density at radius 1 is 1.00 bits per heavy atom. The molecule has 82 valence electrons. The molecule has 1 aromatic heterocycles. The van der Waals surface area contributed by atoms with Crippen molar-refractivity contribution in [2.75, 3.05) is 29.5 Å². The third-order valence-corrected chi connectivity index (χ3v) is 2.88. The summed E-state index contributed by atoms with van der Waals surface area (Å²) in [7, 11) is 0. The summed E-state index contributed by atoms with van der Waals surface area (Å²) >= 11 is 0. The van der Waals surface area contributed by atoms with E-state index < -0.39 is 0 Å². The first-order valence-electron chi connectivity index (χ1n) is 5.53. The fourth-order valence-electron chi connectivity index (χ4n) is 1.94. The zero-order valence-corrected chi connectivity index (χ0v) is 8.95. The van der Waals surface area contributed by atoms with E-state index in [4.69, 9.17) is 11.5 Å². The summed E-state index contributed by atoms with van der Waals surface area (Å²) in [6.45, 7) is 2.16. The number of pyridine rings is 1. The zero-order chi connectivity index (χ0) is 10.7. The molecule has 0 amide bonds. The minimum absolute atomic E-state index is 0.563. The number of nitrogens with zero attached hydrogens (tertiary/aromatic N) is 2. The third-order valence-electron chi connectivity index (χ3n) is 2.88. The van der Waals surface area contributed by atoms with Crippen LogP contribution in [0.2, 0.25) is 0 Å². The van der Waals surface area contributed by atoms with Crippen molar-refractivity contribution in [1.82, 2.24) is 4.98 Å². The van der Waals surface area contributed by atoms with Crippen LogP contribution in [-0.2, 0) is 0 Å². The minimum atomic E-state index is 0.563. The lowest BCUT2D eigenvalue weighted by Crippen LogP contribution is -2.25. The number of hydrogen-bond donors (Lipinski definition) is 2. The average Bonchev–Trinajstić information content (AvgIpc) is 2.50. The lowest BCUT2D eigenvalue weighted by Gasteiger charge is -2.21. The Kier molecular flexibility index (Phi) is 2.94. The van der Waals surface area contributed by atoms with Crippen molar-refractivity contribution in [1.29, 1.82) is 0 Å². The summed E-state index contributed by atoms with van der Waals surface area (Å²) in [5.41, 5.74) is 12.6. The highest BCUT2D eigenvalue weighted by atomic mass is 15.2. The van der Waals surface area contributed by atoms with E-state index in [1.54, 1.807) is 6.20 Å². The van der Waals surface area contributed by atoms with Gasteiger partial charge in [-0.1, -0.05) is 12.8 Å². The molecule has 1 aliphatic heterocycles. The largest absolute Gasteiger partial charge is 0.397 e. The predicted octanol–water partition coefficient (Wildman–Crippen LogP) is 1.63. The van der Waals surface area contributed by atoms with Gasteiger partial charge in [-0.25, -0.2) is 4.98 Å². The van der Waals surface area contributed by atoms with E-state index in [9.17, 15) is 0 Å². The summed E-state index contributed by atoms with van der Waals surface area (Å²) in [5, 5.41) is 0. The van der Waals surface area contributed by atoms with Gasteiger partial charge >= 0.3 is 0 Å². The van der Waals surface area contributed by atoms with Crippen LogP contribution in [-0.4, -0.2) is 18.1 Å². The molecule has 0 spiro atoms. The van der Waals surface area contributed by atoms with Gasteiger partial charge < -0.3 is 16.4 Å². The Balaban J connectivity index is 2.16. The van der Waals surface area contributed by atoms with Crippen LogP contribution in [0, 0.1) is 0 Å². The standard InChI is InChI=1S/C11H18N4/c12-9-7-11(14-8-10(9)13)15-5-3-1-2-4-6-15/h7-8H,1-6,13H2,(H2,12,14). The molecule has 4 heteroatoms. The van der Waals surface area contributed by atoms with Crippen LogP contribution in [0.1, 0.15) is 25.7 Å². The van der Waals surface area contributed by atoms with Gasteiger partial charge in [-0.3, -0.25) is 0 Å². The van der Waals surface area contributed by atoms with Gasteiger partial charge in [0.15, 0.2) is 0 Å². The summed E-state index contributed by atoms with van der Waals surface area (Å²) in [6.07, 6.45) is 6.77. The first-order chi connectivity index (χ1) is 7.27. The molecule has 2 heterocycles. The maximum absolute atomic E-state index is 5.77. The number of nitrogens with two attached hydrogens (primary N) is 2. The van der Waals surface area contributed by atoms with Crippen LogP contribution in [0.3, 0.4) is 0 Å². The molecule has 0 aromatic carbocycles. The molecule has 4 nitrogen and oxygen atoms in total. The first kappa shape index (κ1) is 10.1. The maximum Gasteiger partial charge on any atom is 0.130 e. The number of hydrogen-bond acceptors (Lipinski definition) is 4. The Hall–Kier alpha value is -1.45. The maximum atomic E-state index is 5.77. The Morgan fingerprint density at radius 2 is 1.67 bits per heavy atom. The highest BCUT2D eigenvalue weighted by Crippen LogP contribution is 2.22. The zero-order valence-electron chi connectivity index (χ0n) is 8.95. The van der Waals surface area contributed by atoms with E-state index in [-0.39, 0.29) is 0 Å². The average molecular weight is 206 g/mol. The van der Waals surface area contributed by atoms with E-state index in [0.29, 0.717) is 11.4 Å². The normalized spacial score (nSPS) is 17.5. The van der Waals surface area contributed by atoms with Crippen LogP contribution < -0.4 is 16.4 Å². The van der Waals surface area contributed by atoms with Crippen molar-refractivity contribution < 1.29 is 0 Å². The molecule has 0 unspecified atom stereocenters. The fourth-order valence-corrected chi connectivity index (χ4v) is 1.94. The van der Waals surface area contributed by atoms with E-state index in [0.717, 1.165) is 18.9 Å². The van der Waals surface area contributed by atoms with E-state index in [1.165, 1.54) is 25.7 Å². The van der Waals surface area contributed by atoms with Crippen LogP contribution in [0.15, 0.2) is 12.3 Å². The molecule has 0 saturated carbocycles. The molecule has 0 radical (unpaired) electrons. The number of nitrogen functional groups attached to an aromatic ring is 2. The lowest BCUT2D eigenvalue weighted by molar-refractivity contribution is 0.726. The molecule has 1 saturated heterocycles. The lowest BCUT2D eigenvalue weighted by atomic mass is 10.2. The summed E-state index contributed by atoms with van der Waals surface area (Å²) in [6, 6.07) is 1.88. The summed E-state index contributed by atoms with van der Waals surface area (Å²) in [4.78, 5) is 6.62. The molecule has 1 fully saturated rings. The van der Waals surface area contributed by atoms with Crippen molar-refractivity contribution >= 4 is 17.2 Å². The Labute approximate surface area is 90.3 Å². The topological polar surface area (TPSA) is 68.2 Å². The van der Waals surface area contributed by atoms with E-state index in [2.05, 4.69) is 9.88 Å². The van der Waals surface area contributed by atoms with Gasteiger partial charge in [-0.15, -0.1) is 0 Å². The number of anilines is 3. The smallest absolute Gasteiger partial charge is 0.130 e. The molecule has 4 N–H and O–H groups in total. The van der Waals surface area contributed by atoms with Crippen LogP contribution >= 0.6 is 0 Å². The Morgan fingerprint density at radius 3 is 2.27 bits per heavy atom. The molecule has 0 atom stereocenters. The molecule has 15 heavy (non-hydrogen) atoms. The monoisotopic (exact) mass is 206 g/mol. The highest BCUT2D eigenvalue weighted by molar-refractivity contribution is 5.66. The summed E-state index contributed by atoms with van der Waals surface area (Å²) in [5.74, 6) is 0.962. The van der Waals surface area contributed by atoms with Gasteiger partial charge in [0, 0.05) is 19.2 Å². The predicted molar refractivity (Wildman–Crippen MR) is 63.7 cm³/mol. The number of rotatable bonds is 1. The van der Waals surface area contributed by atoms with Crippen molar-refractivity contribution in [3.8, 4) is 0 Å². The van der Waals surface area contributed by atoms with E-state index >= 15 is 0 Å². The fraction of sp³-hybridized carbons (Fsp3) is 0.545. The molecule has 1 aromatic rings. The van der Waals surface area contributed by atoms with Crippen molar-refractivity contribution in [3.63, 3.8) is 0 Å². The van der Waals surface area contributed by atoms with Crippen molar-refractivity contribution in [2.24, 2.45) is 0 Å². The van der Waals surface area contributed by atoms with Gasteiger partial charge in [0.25, 0.3) is 0 Å². The SMILES string of the molecule is Nc1cnc(N2CCCCCC2)cc1N. The highest BCUT2D eigenvalue weighted by Gasteiger charge is 2.11. The van der Waals surface area contributed by atoms with Gasteiger partial charge in [0.1, 0.15) is 5.82 Å². The molecule has 0 bridgehead atoms. The van der Waals surface area contributed by atoms with E-state index in [1.807, 2.05) is 6.07 Å². The van der Waals surface area contributed by atoms with Crippen molar-refractivity contribution in [2.45, 2.75) is 25.7 Å². The molecule has 0 aliphatic carbocycles. The Bertz CT molecular complexity index is 329. The van der Waals surface area contributed by atoms with Crippen molar-refractivity contribution in [3.05, 3.63) is 12.3 Å². The quantitative estimate of drug-likeness (QED) is 0.732.